The summed E-state index contributed by atoms with van der Waals surface area (Å²) in [5, 5.41) is 3.10. The predicted octanol–water partition coefficient (Wildman–Crippen LogP) is 2.03. The van der Waals surface area contributed by atoms with E-state index in [0.29, 0.717) is 18.3 Å². The molecule has 0 aromatic heterocycles. The number of amides is 2. The molecule has 3 aliphatic heterocycles. The Morgan fingerprint density at radius 1 is 1.18 bits per heavy atom. The minimum Gasteiger partial charge on any atom is -0.483 e. The van der Waals surface area contributed by atoms with Gasteiger partial charge in [-0.1, -0.05) is 25.1 Å². The maximum Gasteiger partial charge on any atom is 0.260 e. The third kappa shape index (κ3) is 4.49. The van der Waals surface area contributed by atoms with Gasteiger partial charge < -0.3 is 15.0 Å². The van der Waals surface area contributed by atoms with Gasteiger partial charge in [-0.05, 0) is 43.7 Å². The van der Waals surface area contributed by atoms with Gasteiger partial charge in [-0.25, -0.2) is 0 Å². The highest BCUT2D eigenvalue weighted by Gasteiger charge is 2.36. The molecule has 152 valence electrons. The Balaban J connectivity index is 1.32. The quantitative estimate of drug-likeness (QED) is 0.843. The molecule has 1 aromatic carbocycles. The van der Waals surface area contributed by atoms with Crippen molar-refractivity contribution < 1.29 is 14.3 Å². The zero-order valence-corrected chi connectivity index (χ0v) is 16.7. The molecule has 0 radical (unpaired) electrons. The van der Waals surface area contributed by atoms with E-state index in [9.17, 15) is 9.59 Å². The molecule has 6 heteroatoms. The smallest absolute Gasteiger partial charge is 0.260 e. The first-order chi connectivity index (χ1) is 13.6. The Hall–Kier alpha value is -2.08. The first-order valence-electron chi connectivity index (χ1n) is 10.6. The summed E-state index contributed by atoms with van der Waals surface area (Å²) in [6.45, 7) is 6.69. The molecule has 4 rings (SSSR count). The van der Waals surface area contributed by atoms with E-state index < -0.39 is 0 Å². The molecule has 0 saturated carbocycles. The number of para-hydroxylation sites is 1. The molecule has 0 spiro atoms. The molecule has 1 aromatic rings. The number of carbonyl (C=O) groups is 2. The fraction of sp³-hybridized carbons (Fsp3) is 0.636. The molecule has 1 N–H and O–H groups in total. The van der Waals surface area contributed by atoms with Gasteiger partial charge in [-0.2, -0.15) is 0 Å². The summed E-state index contributed by atoms with van der Waals surface area (Å²) in [5.74, 6) is 2.25. The van der Waals surface area contributed by atoms with Crippen molar-refractivity contribution in [1.82, 2.24) is 15.1 Å². The van der Waals surface area contributed by atoms with Crippen LogP contribution in [0.2, 0.25) is 0 Å². The summed E-state index contributed by atoms with van der Waals surface area (Å²) in [6, 6.07) is 8.26. The molecule has 3 aliphatic rings. The lowest BCUT2D eigenvalue weighted by Crippen LogP contribution is -2.46. The third-order valence-corrected chi connectivity index (χ3v) is 6.49. The summed E-state index contributed by atoms with van der Waals surface area (Å²) in [6.07, 6.45) is 3.89. The van der Waals surface area contributed by atoms with E-state index in [4.69, 9.17) is 4.74 Å². The first kappa shape index (κ1) is 19.2. The van der Waals surface area contributed by atoms with Crippen LogP contribution in [-0.4, -0.2) is 60.4 Å². The average Bonchev–Trinajstić information content (AvgIpc) is 3.07. The minimum absolute atomic E-state index is 0.0798. The number of likely N-dealkylation sites (tertiary alicyclic amines) is 2. The summed E-state index contributed by atoms with van der Waals surface area (Å²) in [5.41, 5.74) is 1.10. The zero-order valence-electron chi connectivity index (χ0n) is 16.7. The highest BCUT2D eigenvalue weighted by Crippen LogP contribution is 2.28. The van der Waals surface area contributed by atoms with Crippen molar-refractivity contribution in [3.05, 3.63) is 29.8 Å². The Kier molecular flexibility index (Phi) is 5.85. The van der Waals surface area contributed by atoms with E-state index in [-0.39, 0.29) is 24.5 Å². The number of ether oxygens (including phenoxy) is 1. The highest BCUT2D eigenvalue weighted by molar-refractivity contribution is 5.79. The topological polar surface area (TPSA) is 61.9 Å². The number of fused-ring (bicyclic) bond motifs is 1. The van der Waals surface area contributed by atoms with E-state index in [1.54, 1.807) is 0 Å². The van der Waals surface area contributed by atoms with Crippen LogP contribution in [0.3, 0.4) is 0 Å². The summed E-state index contributed by atoms with van der Waals surface area (Å²) in [7, 11) is 0. The number of hydrogen-bond acceptors (Lipinski definition) is 4. The van der Waals surface area contributed by atoms with Crippen LogP contribution in [-0.2, 0) is 16.1 Å². The Morgan fingerprint density at radius 3 is 2.79 bits per heavy atom. The zero-order chi connectivity index (χ0) is 19.5. The third-order valence-electron chi connectivity index (χ3n) is 6.49. The van der Waals surface area contributed by atoms with E-state index in [1.807, 2.05) is 23.1 Å². The van der Waals surface area contributed by atoms with E-state index in [2.05, 4.69) is 23.2 Å². The molecular formula is C22H31N3O3. The lowest BCUT2D eigenvalue weighted by atomic mass is 9.92. The molecule has 2 atom stereocenters. The van der Waals surface area contributed by atoms with Crippen LogP contribution in [0, 0.1) is 11.8 Å². The van der Waals surface area contributed by atoms with Crippen molar-refractivity contribution in [2.75, 3.05) is 32.8 Å². The van der Waals surface area contributed by atoms with Crippen molar-refractivity contribution in [1.29, 1.82) is 0 Å². The Labute approximate surface area is 167 Å². The SMILES string of the molecule is CC1CCN(C(=O)COc2ccccc2CN2CC[C@@H]3CC(=O)N[C@@H]3C2)CC1. The molecule has 0 aliphatic carbocycles. The summed E-state index contributed by atoms with van der Waals surface area (Å²) >= 11 is 0. The molecule has 3 heterocycles. The number of nitrogens with zero attached hydrogens (tertiary/aromatic N) is 2. The molecule has 0 unspecified atom stereocenters. The van der Waals surface area contributed by atoms with E-state index in [0.717, 1.165) is 63.3 Å². The Bertz CT molecular complexity index is 715. The summed E-state index contributed by atoms with van der Waals surface area (Å²) in [4.78, 5) is 28.4. The molecule has 3 saturated heterocycles. The van der Waals surface area contributed by atoms with Crippen LogP contribution in [0.1, 0.15) is 38.2 Å². The number of benzene rings is 1. The molecular weight excluding hydrogens is 354 g/mol. The number of piperidine rings is 2. The number of carbonyl (C=O) groups excluding carboxylic acids is 2. The van der Waals surface area contributed by atoms with Gasteiger partial charge in [-0.3, -0.25) is 14.5 Å². The number of hydrogen-bond donors (Lipinski definition) is 1. The van der Waals surface area contributed by atoms with Crippen LogP contribution in [0.4, 0.5) is 0 Å². The van der Waals surface area contributed by atoms with Crippen LogP contribution in [0.5, 0.6) is 5.75 Å². The van der Waals surface area contributed by atoms with Crippen molar-refractivity contribution in [2.45, 2.75) is 45.2 Å². The molecule has 2 amide bonds. The maximum atomic E-state index is 12.5. The second-order valence-electron chi connectivity index (χ2n) is 8.62. The molecule has 0 bridgehead atoms. The molecule has 28 heavy (non-hydrogen) atoms. The molecule has 3 fully saturated rings. The first-order valence-corrected chi connectivity index (χ1v) is 10.6. The monoisotopic (exact) mass is 385 g/mol. The average molecular weight is 386 g/mol. The van der Waals surface area contributed by atoms with E-state index in [1.165, 1.54) is 0 Å². The van der Waals surface area contributed by atoms with Crippen molar-refractivity contribution in [2.24, 2.45) is 11.8 Å². The van der Waals surface area contributed by atoms with Crippen LogP contribution in [0.25, 0.3) is 0 Å². The van der Waals surface area contributed by atoms with Gasteiger partial charge in [0, 0.05) is 44.2 Å². The molecule has 6 nitrogen and oxygen atoms in total. The van der Waals surface area contributed by atoms with Gasteiger partial charge in [0.1, 0.15) is 5.75 Å². The number of rotatable bonds is 5. The second-order valence-corrected chi connectivity index (χ2v) is 8.62. The highest BCUT2D eigenvalue weighted by atomic mass is 16.5. The van der Waals surface area contributed by atoms with Gasteiger partial charge in [0.05, 0.1) is 0 Å². The van der Waals surface area contributed by atoms with Crippen molar-refractivity contribution in [3.63, 3.8) is 0 Å². The van der Waals surface area contributed by atoms with Crippen molar-refractivity contribution >= 4 is 11.8 Å². The summed E-state index contributed by atoms with van der Waals surface area (Å²) < 4.78 is 5.94. The van der Waals surface area contributed by atoms with Gasteiger partial charge >= 0.3 is 0 Å². The normalized spacial score (nSPS) is 26.0. The maximum absolute atomic E-state index is 12.5. The minimum atomic E-state index is 0.0798. The fourth-order valence-corrected chi connectivity index (χ4v) is 4.63. The predicted molar refractivity (Wildman–Crippen MR) is 107 cm³/mol. The fourth-order valence-electron chi connectivity index (χ4n) is 4.63. The lowest BCUT2D eigenvalue weighted by molar-refractivity contribution is -0.134. The lowest BCUT2D eigenvalue weighted by Gasteiger charge is -2.34. The van der Waals surface area contributed by atoms with Gasteiger partial charge in [0.15, 0.2) is 6.61 Å². The Morgan fingerprint density at radius 2 is 1.96 bits per heavy atom. The van der Waals surface area contributed by atoms with Gasteiger partial charge in [0.25, 0.3) is 5.91 Å². The standard InChI is InChI=1S/C22H31N3O3/c1-16-6-10-25(11-7-16)22(27)15-28-20-5-3-2-4-18(20)13-24-9-8-17-12-21(26)23-19(17)14-24/h2-5,16-17,19H,6-15H2,1H3,(H,23,26)/t17-,19-/m1/s1. The second kappa shape index (κ2) is 8.52. The van der Waals surface area contributed by atoms with Crippen LogP contribution >= 0.6 is 0 Å². The van der Waals surface area contributed by atoms with Gasteiger partial charge in [0.2, 0.25) is 5.91 Å². The van der Waals surface area contributed by atoms with Crippen molar-refractivity contribution in [3.8, 4) is 5.75 Å². The van der Waals surface area contributed by atoms with Crippen LogP contribution in [0.15, 0.2) is 24.3 Å². The largest absolute Gasteiger partial charge is 0.483 e. The number of nitrogens with one attached hydrogen (secondary N) is 1. The van der Waals surface area contributed by atoms with Crippen LogP contribution < -0.4 is 10.1 Å². The van der Waals surface area contributed by atoms with E-state index >= 15 is 0 Å². The van der Waals surface area contributed by atoms with Gasteiger partial charge in [-0.15, -0.1) is 0 Å².